The molecule has 2 aromatic rings. The molecule has 2 fully saturated rings. The molecule has 0 N–H and O–H groups in total. The molecule has 4 rings (SSSR count). The molecule has 2 aliphatic rings. The third-order valence-corrected chi connectivity index (χ3v) is 5.28. The number of aromatic nitrogens is 3. The van der Waals surface area contributed by atoms with E-state index in [4.69, 9.17) is 9.47 Å². The van der Waals surface area contributed by atoms with Crippen molar-refractivity contribution >= 4 is 11.3 Å². The molecule has 1 atom stereocenters. The lowest BCUT2D eigenvalue weighted by Gasteiger charge is -2.52. The first-order chi connectivity index (χ1) is 11.2. The van der Waals surface area contributed by atoms with Gasteiger partial charge >= 0.3 is 0 Å². The van der Waals surface area contributed by atoms with Gasteiger partial charge in [-0.2, -0.15) is 0 Å². The van der Waals surface area contributed by atoms with Crippen molar-refractivity contribution in [3.63, 3.8) is 0 Å². The summed E-state index contributed by atoms with van der Waals surface area (Å²) < 4.78 is 12.0. The summed E-state index contributed by atoms with van der Waals surface area (Å²) in [4.78, 5) is 15.2. The largest absolute Gasteiger partial charge is 0.473 e. The minimum absolute atomic E-state index is 0.0581. The van der Waals surface area contributed by atoms with E-state index in [1.54, 1.807) is 29.9 Å². The highest BCUT2D eigenvalue weighted by atomic mass is 32.1. The monoisotopic (exact) mass is 332 g/mol. The first-order valence-corrected chi connectivity index (χ1v) is 8.79. The Kier molecular flexibility index (Phi) is 4.00. The number of likely N-dealkylation sites (tertiary alicyclic amines) is 1. The van der Waals surface area contributed by atoms with Crippen LogP contribution in [0.15, 0.2) is 24.0 Å². The van der Waals surface area contributed by atoms with E-state index in [1.165, 1.54) is 5.01 Å². The number of rotatable bonds is 4. The highest BCUT2D eigenvalue weighted by molar-refractivity contribution is 7.09. The summed E-state index contributed by atoms with van der Waals surface area (Å²) in [7, 11) is 0. The van der Waals surface area contributed by atoms with Crippen molar-refractivity contribution in [1.29, 1.82) is 0 Å². The number of aryl methyl sites for hydroxylation is 1. The first kappa shape index (κ1) is 15.0. The van der Waals surface area contributed by atoms with Gasteiger partial charge in [0, 0.05) is 49.4 Å². The molecule has 0 aliphatic carbocycles. The van der Waals surface area contributed by atoms with E-state index < -0.39 is 0 Å². The van der Waals surface area contributed by atoms with Gasteiger partial charge in [-0.1, -0.05) is 0 Å². The number of hydrogen-bond acceptors (Lipinski definition) is 7. The maximum absolute atomic E-state index is 6.07. The first-order valence-electron chi connectivity index (χ1n) is 7.91. The predicted molar refractivity (Wildman–Crippen MR) is 86.5 cm³/mol. The van der Waals surface area contributed by atoms with Gasteiger partial charge in [-0.3, -0.25) is 9.88 Å². The molecule has 0 radical (unpaired) electrons. The van der Waals surface area contributed by atoms with Gasteiger partial charge in [-0.25, -0.2) is 9.97 Å². The van der Waals surface area contributed by atoms with Crippen LogP contribution in [0.1, 0.15) is 23.5 Å². The zero-order valence-corrected chi connectivity index (χ0v) is 14.0. The second-order valence-corrected chi connectivity index (χ2v) is 7.28. The van der Waals surface area contributed by atoms with Crippen LogP contribution in [-0.2, 0) is 11.3 Å². The second-order valence-electron chi connectivity index (χ2n) is 6.34. The van der Waals surface area contributed by atoms with E-state index >= 15 is 0 Å². The van der Waals surface area contributed by atoms with Gasteiger partial charge in [0.05, 0.1) is 24.9 Å². The Bertz CT molecular complexity index is 657. The Morgan fingerprint density at radius 3 is 3.09 bits per heavy atom. The molecule has 1 spiro atoms. The Balaban J connectivity index is 1.32. The average molecular weight is 332 g/mol. The molecule has 0 aromatic carbocycles. The summed E-state index contributed by atoms with van der Waals surface area (Å²) in [5, 5.41) is 3.28. The maximum Gasteiger partial charge on any atom is 0.232 e. The van der Waals surface area contributed by atoms with Crippen LogP contribution >= 0.6 is 11.3 Å². The Labute approximate surface area is 139 Å². The molecule has 23 heavy (non-hydrogen) atoms. The summed E-state index contributed by atoms with van der Waals surface area (Å²) in [5.74, 6) is 0.601. The smallest absolute Gasteiger partial charge is 0.232 e. The van der Waals surface area contributed by atoms with Gasteiger partial charge in [-0.05, 0) is 6.92 Å². The summed E-state index contributed by atoms with van der Waals surface area (Å²) in [6.07, 6.45) is 6.96. The van der Waals surface area contributed by atoms with Crippen molar-refractivity contribution < 1.29 is 9.47 Å². The molecule has 7 heteroatoms. The number of ether oxygens (including phenoxy) is 2. The lowest BCUT2D eigenvalue weighted by Crippen LogP contribution is -2.65. The van der Waals surface area contributed by atoms with Crippen molar-refractivity contribution in [1.82, 2.24) is 19.9 Å². The highest BCUT2D eigenvalue weighted by Crippen LogP contribution is 2.36. The molecule has 4 heterocycles. The SMILES string of the molecule is Cc1csc(CN2CC3(C[C@H](Oc4cnccn4)CCO3)C2)n1. The molecule has 2 saturated heterocycles. The quantitative estimate of drug-likeness (QED) is 0.854. The maximum atomic E-state index is 6.07. The lowest BCUT2D eigenvalue weighted by atomic mass is 9.85. The topological polar surface area (TPSA) is 60.4 Å². The van der Waals surface area contributed by atoms with Gasteiger partial charge in [-0.15, -0.1) is 11.3 Å². The summed E-state index contributed by atoms with van der Waals surface area (Å²) in [5.41, 5.74) is 1.05. The van der Waals surface area contributed by atoms with Crippen LogP contribution in [0.3, 0.4) is 0 Å². The van der Waals surface area contributed by atoms with E-state index in [0.717, 1.165) is 44.8 Å². The Morgan fingerprint density at radius 1 is 1.43 bits per heavy atom. The van der Waals surface area contributed by atoms with E-state index in [2.05, 4.69) is 25.2 Å². The molecule has 122 valence electrons. The van der Waals surface area contributed by atoms with E-state index in [9.17, 15) is 0 Å². The third kappa shape index (κ3) is 3.36. The molecule has 6 nitrogen and oxygen atoms in total. The van der Waals surface area contributed by atoms with Gasteiger partial charge < -0.3 is 9.47 Å². The minimum Gasteiger partial charge on any atom is -0.473 e. The molecule has 0 saturated carbocycles. The fourth-order valence-electron chi connectivity index (χ4n) is 3.37. The van der Waals surface area contributed by atoms with Crippen LogP contribution < -0.4 is 4.74 Å². The minimum atomic E-state index is -0.0581. The molecular weight excluding hydrogens is 312 g/mol. The molecule has 2 aromatic heterocycles. The van der Waals surface area contributed by atoms with Crippen LogP contribution in [-0.4, -0.2) is 51.3 Å². The van der Waals surface area contributed by atoms with Gasteiger partial charge in [0.2, 0.25) is 5.88 Å². The number of hydrogen-bond donors (Lipinski definition) is 0. The van der Waals surface area contributed by atoms with Gasteiger partial charge in [0.25, 0.3) is 0 Å². The Hall–Kier alpha value is -1.57. The van der Waals surface area contributed by atoms with Crippen LogP contribution in [0.4, 0.5) is 0 Å². The number of nitrogens with zero attached hydrogens (tertiary/aromatic N) is 4. The van der Waals surface area contributed by atoms with Crippen molar-refractivity contribution in [3.05, 3.63) is 34.7 Å². The lowest BCUT2D eigenvalue weighted by molar-refractivity contribution is -0.188. The summed E-state index contributed by atoms with van der Waals surface area (Å²) in [6, 6.07) is 0. The van der Waals surface area contributed by atoms with Crippen LogP contribution in [0, 0.1) is 6.92 Å². The summed E-state index contributed by atoms with van der Waals surface area (Å²) >= 11 is 1.73. The Morgan fingerprint density at radius 2 is 2.35 bits per heavy atom. The highest BCUT2D eigenvalue weighted by Gasteiger charge is 2.48. The third-order valence-electron chi connectivity index (χ3n) is 4.32. The molecule has 0 amide bonds. The zero-order chi connectivity index (χ0) is 15.7. The predicted octanol–water partition coefficient (Wildman–Crippen LogP) is 2.05. The van der Waals surface area contributed by atoms with Crippen LogP contribution in [0.25, 0.3) is 0 Å². The summed E-state index contributed by atoms with van der Waals surface area (Å²) in [6.45, 7) is 5.60. The van der Waals surface area contributed by atoms with Crippen molar-refractivity contribution in [2.24, 2.45) is 0 Å². The van der Waals surface area contributed by atoms with Crippen molar-refractivity contribution in [3.8, 4) is 5.88 Å². The van der Waals surface area contributed by atoms with E-state index in [-0.39, 0.29) is 11.7 Å². The van der Waals surface area contributed by atoms with Crippen LogP contribution in [0.5, 0.6) is 5.88 Å². The van der Waals surface area contributed by atoms with Gasteiger partial charge in [0.15, 0.2) is 0 Å². The molecule has 0 unspecified atom stereocenters. The molecular formula is C16H20N4O2S. The zero-order valence-electron chi connectivity index (χ0n) is 13.1. The van der Waals surface area contributed by atoms with E-state index in [0.29, 0.717) is 5.88 Å². The van der Waals surface area contributed by atoms with Gasteiger partial charge in [0.1, 0.15) is 11.1 Å². The van der Waals surface area contributed by atoms with Crippen molar-refractivity contribution in [2.45, 2.75) is 38.0 Å². The fourth-order valence-corrected chi connectivity index (χ4v) is 4.18. The molecule has 2 aliphatic heterocycles. The van der Waals surface area contributed by atoms with Crippen molar-refractivity contribution in [2.75, 3.05) is 19.7 Å². The molecule has 0 bridgehead atoms. The second kappa shape index (κ2) is 6.14. The van der Waals surface area contributed by atoms with Crippen LogP contribution in [0.2, 0.25) is 0 Å². The fraction of sp³-hybridized carbons (Fsp3) is 0.562. The van der Waals surface area contributed by atoms with E-state index in [1.807, 2.05) is 6.92 Å². The standard InChI is InChI=1S/C16H20N4O2S/c1-12-9-23-15(19-12)8-20-10-16(11-20)6-13(2-5-21-16)22-14-7-17-3-4-18-14/h3-4,7,9,13H,2,5-6,8,10-11H2,1H3/t13-/m1/s1. The normalized spacial score (nSPS) is 23.6. The number of thiazole rings is 1. The average Bonchev–Trinajstić information content (AvgIpc) is 2.92.